The molecule has 0 fully saturated rings. The van der Waals surface area contributed by atoms with Gasteiger partial charge in [-0.1, -0.05) is 18.2 Å². The van der Waals surface area contributed by atoms with Crippen molar-refractivity contribution in [3.63, 3.8) is 0 Å². The number of anilines is 2. The molecule has 0 aliphatic carbocycles. The molecule has 3 nitrogen and oxygen atoms in total. The standard InChI is InChI=1S/C17H22N2O/c1-13(18)12-14-6-4-5-7-17(14)19(2)15-8-10-16(20-3)11-9-15/h4-11,13H,12,18H2,1-3H3. The van der Waals surface area contributed by atoms with Gasteiger partial charge in [-0.2, -0.15) is 0 Å². The molecule has 20 heavy (non-hydrogen) atoms. The second kappa shape index (κ2) is 6.44. The van der Waals surface area contributed by atoms with Gasteiger partial charge in [0.05, 0.1) is 7.11 Å². The molecule has 2 rings (SSSR count). The molecule has 0 saturated heterocycles. The Morgan fingerprint density at radius 2 is 1.75 bits per heavy atom. The van der Waals surface area contributed by atoms with Crippen molar-refractivity contribution in [3.05, 3.63) is 54.1 Å². The predicted molar refractivity (Wildman–Crippen MR) is 84.9 cm³/mol. The van der Waals surface area contributed by atoms with E-state index in [9.17, 15) is 0 Å². The van der Waals surface area contributed by atoms with Gasteiger partial charge in [0.2, 0.25) is 0 Å². The lowest BCUT2D eigenvalue weighted by Gasteiger charge is -2.23. The Bertz CT molecular complexity index is 549. The molecule has 2 aromatic rings. The Morgan fingerprint density at radius 3 is 2.35 bits per heavy atom. The van der Waals surface area contributed by atoms with Crippen LogP contribution in [0.25, 0.3) is 0 Å². The highest BCUT2D eigenvalue weighted by atomic mass is 16.5. The SMILES string of the molecule is COc1ccc(N(C)c2ccccc2CC(C)N)cc1. The number of methoxy groups -OCH3 is 1. The van der Waals surface area contributed by atoms with E-state index in [0.717, 1.165) is 17.9 Å². The van der Waals surface area contributed by atoms with Gasteiger partial charge in [-0.3, -0.25) is 0 Å². The minimum absolute atomic E-state index is 0.153. The molecule has 1 unspecified atom stereocenters. The Balaban J connectivity index is 2.29. The third-order valence-electron chi connectivity index (χ3n) is 3.35. The average Bonchev–Trinajstić information content (AvgIpc) is 2.46. The van der Waals surface area contributed by atoms with Gasteiger partial charge in [0.25, 0.3) is 0 Å². The fraction of sp³-hybridized carbons (Fsp3) is 0.294. The van der Waals surface area contributed by atoms with Crippen molar-refractivity contribution in [3.8, 4) is 5.75 Å². The first kappa shape index (κ1) is 14.4. The zero-order chi connectivity index (χ0) is 14.5. The number of ether oxygens (including phenoxy) is 1. The maximum atomic E-state index is 5.93. The number of rotatable bonds is 5. The van der Waals surface area contributed by atoms with Crippen LogP contribution in [0.15, 0.2) is 48.5 Å². The van der Waals surface area contributed by atoms with E-state index in [-0.39, 0.29) is 6.04 Å². The van der Waals surface area contributed by atoms with Crippen LogP contribution >= 0.6 is 0 Å². The summed E-state index contributed by atoms with van der Waals surface area (Å²) in [5.41, 5.74) is 9.52. The van der Waals surface area contributed by atoms with Crippen molar-refractivity contribution in [1.82, 2.24) is 0 Å². The molecule has 0 aromatic heterocycles. The molecular weight excluding hydrogens is 248 g/mol. The summed E-state index contributed by atoms with van der Waals surface area (Å²) in [5.74, 6) is 0.867. The minimum Gasteiger partial charge on any atom is -0.497 e. The largest absolute Gasteiger partial charge is 0.497 e. The highest BCUT2D eigenvalue weighted by Gasteiger charge is 2.10. The summed E-state index contributed by atoms with van der Waals surface area (Å²) in [7, 11) is 3.75. The van der Waals surface area contributed by atoms with E-state index >= 15 is 0 Å². The zero-order valence-electron chi connectivity index (χ0n) is 12.3. The van der Waals surface area contributed by atoms with Crippen molar-refractivity contribution in [2.75, 3.05) is 19.1 Å². The van der Waals surface area contributed by atoms with Crippen LogP contribution in [0.4, 0.5) is 11.4 Å². The number of para-hydroxylation sites is 1. The molecule has 2 N–H and O–H groups in total. The van der Waals surface area contributed by atoms with E-state index < -0.39 is 0 Å². The van der Waals surface area contributed by atoms with Crippen molar-refractivity contribution in [2.24, 2.45) is 5.73 Å². The fourth-order valence-electron chi connectivity index (χ4n) is 2.30. The summed E-state index contributed by atoms with van der Waals surface area (Å²) in [5, 5.41) is 0. The van der Waals surface area contributed by atoms with E-state index in [2.05, 4.69) is 48.3 Å². The van der Waals surface area contributed by atoms with Crippen LogP contribution in [0.3, 0.4) is 0 Å². The van der Waals surface area contributed by atoms with Crippen molar-refractivity contribution in [1.29, 1.82) is 0 Å². The molecule has 2 aromatic carbocycles. The van der Waals surface area contributed by atoms with Crippen LogP contribution in [-0.2, 0) is 6.42 Å². The van der Waals surface area contributed by atoms with E-state index in [1.54, 1.807) is 7.11 Å². The van der Waals surface area contributed by atoms with Gasteiger partial charge in [-0.05, 0) is 49.2 Å². The lowest BCUT2D eigenvalue weighted by molar-refractivity contribution is 0.415. The number of nitrogens with two attached hydrogens (primary N) is 1. The smallest absolute Gasteiger partial charge is 0.119 e. The molecule has 0 amide bonds. The Kier molecular flexibility index (Phi) is 4.64. The summed E-state index contributed by atoms with van der Waals surface area (Å²) < 4.78 is 5.20. The molecule has 1 atom stereocenters. The van der Waals surface area contributed by atoms with Crippen molar-refractivity contribution in [2.45, 2.75) is 19.4 Å². The molecule has 3 heteroatoms. The van der Waals surface area contributed by atoms with Gasteiger partial charge in [0.1, 0.15) is 5.75 Å². The second-order valence-electron chi connectivity index (χ2n) is 5.07. The maximum absolute atomic E-state index is 5.93. The molecule has 106 valence electrons. The molecule has 0 saturated carbocycles. The maximum Gasteiger partial charge on any atom is 0.119 e. The van der Waals surface area contributed by atoms with Crippen molar-refractivity contribution >= 4 is 11.4 Å². The second-order valence-corrected chi connectivity index (χ2v) is 5.07. The minimum atomic E-state index is 0.153. The first-order valence-electron chi connectivity index (χ1n) is 6.83. The topological polar surface area (TPSA) is 38.5 Å². The highest BCUT2D eigenvalue weighted by Crippen LogP contribution is 2.28. The summed E-state index contributed by atoms with van der Waals surface area (Å²) >= 11 is 0. The summed E-state index contributed by atoms with van der Waals surface area (Å²) in [6.07, 6.45) is 0.872. The van der Waals surface area contributed by atoms with Gasteiger partial charge in [0, 0.05) is 24.5 Å². The number of hydrogen-bond donors (Lipinski definition) is 1. The zero-order valence-corrected chi connectivity index (χ0v) is 12.3. The normalized spacial score (nSPS) is 12.0. The number of hydrogen-bond acceptors (Lipinski definition) is 3. The lowest BCUT2D eigenvalue weighted by Crippen LogP contribution is -2.20. The quantitative estimate of drug-likeness (QED) is 0.905. The Labute approximate surface area is 121 Å². The van der Waals surface area contributed by atoms with Crippen molar-refractivity contribution < 1.29 is 4.74 Å². The van der Waals surface area contributed by atoms with Crippen LogP contribution in [0.2, 0.25) is 0 Å². The van der Waals surface area contributed by atoms with Crippen LogP contribution < -0.4 is 15.4 Å². The van der Waals surface area contributed by atoms with Crippen LogP contribution in [-0.4, -0.2) is 20.2 Å². The third kappa shape index (κ3) is 3.31. The monoisotopic (exact) mass is 270 g/mol. The number of nitrogens with zero attached hydrogens (tertiary/aromatic N) is 1. The molecule has 0 spiro atoms. The first-order valence-corrected chi connectivity index (χ1v) is 6.83. The van der Waals surface area contributed by atoms with Gasteiger partial charge in [-0.25, -0.2) is 0 Å². The van der Waals surface area contributed by atoms with E-state index in [0.29, 0.717) is 0 Å². The Morgan fingerprint density at radius 1 is 1.10 bits per heavy atom. The molecule has 0 aliphatic heterocycles. The molecule has 0 heterocycles. The summed E-state index contributed by atoms with van der Waals surface area (Å²) in [6.45, 7) is 2.03. The number of benzene rings is 2. The van der Waals surface area contributed by atoms with E-state index in [1.165, 1.54) is 11.3 Å². The van der Waals surface area contributed by atoms with E-state index in [4.69, 9.17) is 10.5 Å². The van der Waals surface area contributed by atoms with Crippen LogP contribution in [0.5, 0.6) is 5.75 Å². The molecular formula is C17H22N2O. The van der Waals surface area contributed by atoms with Gasteiger partial charge < -0.3 is 15.4 Å². The van der Waals surface area contributed by atoms with Gasteiger partial charge in [-0.15, -0.1) is 0 Å². The average molecular weight is 270 g/mol. The van der Waals surface area contributed by atoms with Crippen LogP contribution in [0, 0.1) is 0 Å². The van der Waals surface area contributed by atoms with Gasteiger partial charge in [0.15, 0.2) is 0 Å². The highest BCUT2D eigenvalue weighted by molar-refractivity contribution is 5.66. The fourth-order valence-corrected chi connectivity index (χ4v) is 2.30. The van der Waals surface area contributed by atoms with E-state index in [1.807, 2.05) is 19.1 Å². The predicted octanol–water partition coefficient (Wildman–Crippen LogP) is 3.35. The molecule has 0 radical (unpaired) electrons. The van der Waals surface area contributed by atoms with Crippen LogP contribution in [0.1, 0.15) is 12.5 Å². The molecule has 0 bridgehead atoms. The summed E-state index contributed by atoms with van der Waals surface area (Å²) in [6, 6.07) is 16.6. The Hall–Kier alpha value is -2.00. The lowest BCUT2D eigenvalue weighted by atomic mass is 10.0. The third-order valence-corrected chi connectivity index (χ3v) is 3.35. The summed E-state index contributed by atoms with van der Waals surface area (Å²) in [4.78, 5) is 2.18. The van der Waals surface area contributed by atoms with Gasteiger partial charge >= 0.3 is 0 Å². The molecule has 0 aliphatic rings. The first-order chi connectivity index (χ1) is 9.61.